The van der Waals surface area contributed by atoms with Crippen LogP contribution in [-0.2, 0) is 16.6 Å². The summed E-state index contributed by atoms with van der Waals surface area (Å²) in [7, 11) is 1.80. The zero-order valence-electron chi connectivity index (χ0n) is 15.1. The molecule has 7 nitrogen and oxygen atoms in total. The highest BCUT2D eigenvalue weighted by Crippen LogP contribution is 2.26. The first-order valence-electron chi connectivity index (χ1n) is 8.98. The fourth-order valence-electron chi connectivity index (χ4n) is 3.83. The molecule has 2 atom stereocenters. The summed E-state index contributed by atoms with van der Waals surface area (Å²) >= 11 is 0. The third kappa shape index (κ3) is 3.45. The van der Waals surface area contributed by atoms with Crippen molar-refractivity contribution in [1.29, 1.82) is 0 Å². The minimum atomic E-state index is -0.281. The molecule has 7 heteroatoms. The van der Waals surface area contributed by atoms with Crippen molar-refractivity contribution < 1.29 is 14.4 Å². The van der Waals surface area contributed by atoms with Crippen LogP contribution in [0.15, 0.2) is 12.4 Å². The van der Waals surface area contributed by atoms with Crippen molar-refractivity contribution in [3.8, 4) is 0 Å². The molecule has 0 bridgehead atoms. The molecule has 0 saturated carbocycles. The van der Waals surface area contributed by atoms with E-state index in [1.807, 2.05) is 13.8 Å². The van der Waals surface area contributed by atoms with E-state index in [9.17, 15) is 14.4 Å². The van der Waals surface area contributed by atoms with E-state index in [1.165, 1.54) is 0 Å². The van der Waals surface area contributed by atoms with E-state index >= 15 is 0 Å². The van der Waals surface area contributed by atoms with Crippen LogP contribution in [0.1, 0.15) is 43.7 Å². The number of ketones is 1. The van der Waals surface area contributed by atoms with E-state index in [1.54, 1.807) is 33.8 Å². The lowest BCUT2D eigenvalue weighted by molar-refractivity contribution is -0.137. The van der Waals surface area contributed by atoms with Crippen LogP contribution in [0.5, 0.6) is 0 Å². The maximum atomic E-state index is 12.9. The Kier molecular flexibility index (Phi) is 4.92. The molecule has 2 fully saturated rings. The second-order valence-corrected chi connectivity index (χ2v) is 7.39. The van der Waals surface area contributed by atoms with Gasteiger partial charge in [0.05, 0.1) is 5.92 Å². The third-order valence-electron chi connectivity index (χ3n) is 5.28. The number of carbonyl (C=O) groups is 3. The van der Waals surface area contributed by atoms with Crippen LogP contribution in [0.3, 0.4) is 0 Å². The number of hydrogen-bond donors (Lipinski definition) is 0. The van der Waals surface area contributed by atoms with Crippen molar-refractivity contribution >= 4 is 17.6 Å². The first-order chi connectivity index (χ1) is 11.9. The number of nitrogens with zero attached hydrogens (tertiary/aromatic N) is 4. The Balaban J connectivity index is 1.65. The summed E-state index contributed by atoms with van der Waals surface area (Å²) in [5.74, 6) is 0.00601. The number of amides is 2. The molecule has 0 spiro atoms. The monoisotopic (exact) mass is 346 g/mol. The van der Waals surface area contributed by atoms with Gasteiger partial charge in [-0.25, -0.2) is 4.98 Å². The van der Waals surface area contributed by atoms with Crippen LogP contribution in [0.25, 0.3) is 0 Å². The third-order valence-corrected chi connectivity index (χ3v) is 5.28. The summed E-state index contributed by atoms with van der Waals surface area (Å²) in [5.41, 5.74) is 0. The fraction of sp³-hybridized carbons (Fsp3) is 0.667. The van der Waals surface area contributed by atoms with Crippen molar-refractivity contribution in [3.63, 3.8) is 0 Å². The molecular weight excluding hydrogens is 320 g/mol. The lowest BCUT2D eigenvalue weighted by Gasteiger charge is -2.33. The minimum absolute atomic E-state index is 0.00342. The van der Waals surface area contributed by atoms with Crippen LogP contribution >= 0.6 is 0 Å². The lowest BCUT2D eigenvalue weighted by Crippen LogP contribution is -2.45. The van der Waals surface area contributed by atoms with Gasteiger partial charge in [0.1, 0.15) is 0 Å². The van der Waals surface area contributed by atoms with Crippen molar-refractivity contribution in [2.24, 2.45) is 18.9 Å². The molecule has 0 radical (unpaired) electrons. The van der Waals surface area contributed by atoms with Crippen molar-refractivity contribution in [3.05, 3.63) is 18.2 Å². The molecule has 0 aliphatic carbocycles. The van der Waals surface area contributed by atoms with Gasteiger partial charge in [0.2, 0.25) is 17.6 Å². The molecule has 25 heavy (non-hydrogen) atoms. The first-order valence-corrected chi connectivity index (χ1v) is 8.98. The van der Waals surface area contributed by atoms with E-state index in [-0.39, 0.29) is 41.9 Å². The number of aryl methyl sites for hydroxylation is 1. The van der Waals surface area contributed by atoms with Gasteiger partial charge in [-0.05, 0) is 26.7 Å². The van der Waals surface area contributed by atoms with E-state index in [0.29, 0.717) is 25.5 Å². The van der Waals surface area contributed by atoms with Gasteiger partial charge in [-0.1, -0.05) is 0 Å². The fourth-order valence-corrected chi connectivity index (χ4v) is 3.83. The largest absolute Gasteiger partial charge is 0.342 e. The number of aromatic nitrogens is 2. The van der Waals surface area contributed by atoms with Crippen LogP contribution in [-0.4, -0.2) is 62.6 Å². The molecule has 136 valence electrons. The molecule has 0 N–H and O–H groups in total. The summed E-state index contributed by atoms with van der Waals surface area (Å²) in [4.78, 5) is 45.3. The van der Waals surface area contributed by atoms with Crippen LogP contribution < -0.4 is 0 Å². The SMILES string of the molecule is CC(C)N1C[C@H](C(=O)N2CCC[C@@H](C(=O)c3nccn3C)C2)CC1=O. The number of rotatable bonds is 4. The van der Waals surface area contributed by atoms with Crippen LogP contribution in [0.2, 0.25) is 0 Å². The Morgan fingerprint density at radius 2 is 2.00 bits per heavy atom. The average molecular weight is 346 g/mol. The smallest absolute Gasteiger partial charge is 0.228 e. The Morgan fingerprint density at radius 1 is 1.24 bits per heavy atom. The maximum Gasteiger partial charge on any atom is 0.228 e. The minimum Gasteiger partial charge on any atom is -0.342 e. The highest BCUT2D eigenvalue weighted by Gasteiger charge is 2.39. The van der Waals surface area contributed by atoms with Gasteiger partial charge in [0, 0.05) is 57.5 Å². The molecular formula is C18H26N4O3. The first kappa shape index (κ1) is 17.6. The summed E-state index contributed by atoms with van der Waals surface area (Å²) in [5, 5.41) is 0. The molecule has 0 unspecified atom stereocenters. The zero-order chi connectivity index (χ0) is 18.1. The molecule has 1 aromatic heterocycles. The second kappa shape index (κ2) is 6.98. The predicted molar refractivity (Wildman–Crippen MR) is 91.8 cm³/mol. The Bertz CT molecular complexity index is 682. The van der Waals surface area contributed by atoms with Crippen LogP contribution in [0, 0.1) is 11.8 Å². The topological polar surface area (TPSA) is 75.5 Å². The lowest BCUT2D eigenvalue weighted by atomic mass is 9.92. The number of Topliss-reactive ketones (excluding diaryl/α,β-unsaturated/α-hetero) is 1. The Hall–Kier alpha value is -2.18. The maximum absolute atomic E-state index is 12.9. The molecule has 1 aromatic rings. The molecule has 3 heterocycles. The van der Waals surface area contributed by atoms with Gasteiger partial charge in [-0.15, -0.1) is 0 Å². The van der Waals surface area contributed by atoms with E-state index in [2.05, 4.69) is 4.98 Å². The molecule has 2 amide bonds. The quantitative estimate of drug-likeness (QED) is 0.765. The Labute approximate surface area is 148 Å². The van der Waals surface area contributed by atoms with Gasteiger partial charge in [0.15, 0.2) is 5.82 Å². The summed E-state index contributed by atoms with van der Waals surface area (Å²) in [6.07, 6.45) is 5.23. The van der Waals surface area contributed by atoms with Crippen molar-refractivity contribution in [2.45, 2.75) is 39.2 Å². The summed E-state index contributed by atoms with van der Waals surface area (Å²) < 4.78 is 1.72. The normalized spacial score (nSPS) is 24.2. The highest BCUT2D eigenvalue weighted by molar-refractivity contribution is 5.95. The van der Waals surface area contributed by atoms with Gasteiger partial charge in [-0.2, -0.15) is 0 Å². The van der Waals surface area contributed by atoms with E-state index in [4.69, 9.17) is 0 Å². The number of carbonyl (C=O) groups excluding carboxylic acids is 3. The van der Waals surface area contributed by atoms with Crippen molar-refractivity contribution in [1.82, 2.24) is 19.4 Å². The van der Waals surface area contributed by atoms with Crippen LogP contribution in [0.4, 0.5) is 0 Å². The van der Waals surface area contributed by atoms with Gasteiger partial charge >= 0.3 is 0 Å². The summed E-state index contributed by atoms with van der Waals surface area (Å²) in [6.45, 7) is 5.51. The molecule has 3 rings (SSSR count). The molecule has 2 aliphatic rings. The number of likely N-dealkylation sites (tertiary alicyclic amines) is 2. The van der Waals surface area contributed by atoms with Crippen molar-refractivity contribution in [2.75, 3.05) is 19.6 Å². The zero-order valence-corrected chi connectivity index (χ0v) is 15.1. The average Bonchev–Trinajstić information content (AvgIpc) is 3.19. The van der Waals surface area contributed by atoms with Gasteiger partial charge < -0.3 is 14.4 Å². The number of piperidine rings is 1. The second-order valence-electron chi connectivity index (χ2n) is 7.39. The van der Waals surface area contributed by atoms with Gasteiger partial charge in [0.25, 0.3) is 0 Å². The summed E-state index contributed by atoms with van der Waals surface area (Å²) in [6, 6.07) is 0.115. The van der Waals surface area contributed by atoms with Gasteiger partial charge in [-0.3, -0.25) is 14.4 Å². The predicted octanol–water partition coefficient (Wildman–Crippen LogP) is 1.10. The molecule has 2 aliphatic heterocycles. The highest BCUT2D eigenvalue weighted by atomic mass is 16.2. The standard InChI is InChI=1S/C18H26N4O3/c1-12(2)22-11-14(9-15(22)23)18(25)21-7-4-5-13(10-21)16(24)17-19-6-8-20(17)3/h6,8,12-14H,4-5,7,9-11H2,1-3H3/t13-,14-/m1/s1. The number of imidazole rings is 1. The molecule has 0 aromatic carbocycles. The molecule has 2 saturated heterocycles. The number of hydrogen-bond acceptors (Lipinski definition) is 4. The van der Waals surface area contributed by atoms with E-state index in [0.717, 1.165) is 12.8 Å². The van der Waals surface area contributed by atoms with E-state index < -0.39 is 0 Å². The Morgan fingerprint density at radius 3 is 2.60 bits per heavy atom.